The first-order valence-electron chi connectivity index (χ1n) is 9.34. The molecule has 0 saturated carbocycles. The summed E-state index contributed by atoms with van der Waals surface area (Å²) in [4.78, 5) is 17.3. The Hall–Kier alpha value is -3.59. The van der Waals surface area contributed by atoms with E-state index in [0.717, 1.165) is 29.1 Å². The number of amides is 1. The molecule has 0 atom stereocenters. The van der Waals surface area contributed by atoms with Crippen LogP contribution < -0.4 is 10.1 Å². The lowest BCUT2D eigenvalue weighted by Crippen LogP contribution is -2.15. The van der Waals surface area contributed by atoms with Gasteiger partial charge in [-0.25, -0.2) is 13.8 Å². The van der Waals surface area contributed by atoms with Crippen LogP contribution in [-0.2, 0) is 13.7 Å². The molecule has 1 N–H and O–H groups in total. The highest BCUT2D eigenvalue weighted by molar-refractivity contribution is 7.14. The predicted molar refractivity (Wildman–Crippen MR) is 114 cm³/mol. The van der Waals surface area contributed by atoms with E-state index in [-0.39, 0.29) is 18.3 Å². The number of carbonyl (C=O) groups excluding carboxylic acids is 1. The molecule has 0 saturated heterocycles. The van der Waals surface area contributed by atoms with Crippen LogP contribution in [0.4, 0.5) is 13.9 Å². The Balaban J connectivity index is 1.49. The van der Waals surface area contributed by atoms with Crippen molar-refractivity contribution in [2.24, 2.45) is 7.05 Å². The van der Waals surface area contributed by atoms with Crippen LogP contribution in [0.2, 0.25) is 0 Å². The SMILES string of the molecule is Cc1nn(C)cc1-c1csc(NC(=O)c2ccccc2COc2ccc(F)cc2F)n1. The van der Waals surface area contributed by atoms with Gasteiger partial charge in [0.05, 0.1) is 11.4 Å². The third kappa shape index (κ3) is 4.61. The number of aromatic nitrogens is 3. The minimum absolute atomic E-state index is 0.0514. The van der Waals surface area contributed by atoms with Crippen LogP contribution in [0.3, 0.4) is 0 Å². The van der Waals surface area contributed by atoms with Crippen molar-refractivity contribution in [3.05, 3.63) is 82.5 Å². The second kappa shape index (κ2) is 8.65. The van der Waals surface area contributed by atoms with E-state index in [1.54, 1.807) is 28.9 Å². The zero-order valence-electron chi connectivity index (χ0n) is 16.7. The summed E-state index contributed by atoms with van der Waals surface area (Å²) in [5.74, 6) is -1.94. The Morgan fingerprint density at radius 2 is 2.03 bits per heavy atom. The van der Waals surface area contributed by atoms with Crippen LogP contribution >= 0.6 is 11.3 Å². The van der Waals surface area contributed by atoms with Crippen molar-refractivity contribution in [1.29, 1.82) is 0 Å². The Morgan fingerprint density at radius 3 is 2.77 bits per heavy atom. The smallest absolute Gasteiger partial charge is 0.257 e. The Labute approximate surface area is 181 Å². The van der Waals surface area contributed by atoms with Crippen molar-refractivity contribution in [1.82, 2.24) is 14.8 Å². The van der Waals surface area contributed by atoms with E-state index in [4.69, 9.17) is 4.74 Å². The van der Waals surface area contributed by atoms with Gasteiger partial charge in [0.25, 0.3) is 5.91 Å². The first-order valence-corrected chi connectivity index (χ1v) is 10.2. The average Bonchev–Trinajstić information content (AvgIpc) is 3.33. The van der Waals surface area contributed by atoms with Crippen LogP contribution in [0, 0.1) is 18.6 Å². The molecule has 1 amide bonds. The number of hydrogen-bond donors (Lipinski definition) is 1. The number of rotatable bonds is 6. The number of ether oxygens (including phenoxy) is 1. The van der Waals surface area contributed by atoms with Crippen molar-refractivity contribution in [2.75, 3.05) is 5.32 Å². The second-order valence-corrected chi connectivity index (χ2v) is 7.67. The molecule has 2 heterocycles. The summed E-state index contributed by atoms with van der Waals surface area (Å²) < 4.78 is 34.0. The van der Waals surface area contributed by atoms with Gasteiger partial charge < -0.3 is 4.74 Å². The predicted octanol–water partition coefficient (Wildman–Crippen LogP) is 4.96. The minimum atomic E-state index is -0.803. The minimum Gasteiger partial charge on any atom is -0.486 e. The molecule has 0 unspecified atom stereocenters. The summed E-state index contributed by atoms with van der Waals surface area (Å²) in [5, 5.41) is 9.40. The van der Waals surface area contributed by atoms with Gasteiger partial charge >= 0.3 is 0 Å². The Bertz CT molecular complexity index is 1250. The fraction of sp³-hybridized carbons (Fsp3) is 0.136. The van der Waals surface area contributed by atoms with E-state index < -0.39 is 11.6 Å². The van der Waals surface area contributed by atoms with Gasteiger partial charge in [-0.3, -0.25) is 14.8 Å². The number of benzene rings is 2. The molecular weight excluding hydrogens is 422 g/mol. The number of carbonyl (C=O) groups is 1. The lowest BCUT2D eigenvalue weighted by Gasteiger charge is -2.11. The first-order chi connectivity index (χ1) is 14.9. The van der Waals surface area contributed by atoms with Crippen molar-refractivity contribution < 1.29 is 18.3 Å². The largest absolute Gasteiger partial charge is 0.486 e. The number of hydrogen-bond acceptors (Lipinski definition) is 5. The lowest BCUT2D eigenvalue weighted by atomic mass is 10.1. The molecule has 4 aromatic rings. The second-order valence-electron chi connectivity index (χ2n) is 6.81. The molecule has 6 nitrogen and oxygen atoms in total. The summed E-state index contributed by atoms with van der Waals surface area (Å²) in [6.07, 6.45) is 1.87. The number of aryl methyl sites for hydroxylation is 2. The van der Waals surface area contributed by atoms with Gasteiger partial charge in [0.1, 0.15) is 12.4 Å². The van der Waals surface area contributed by atoms with Gasteiger partial charge in [0.2, 0.25) is 0 Å². The number of thiazole rings is 1. The molecule has 0 aliphatic heterocycles. The number of nitrogens with zero attached hydrogens (tertiary/aromatic N) is 3. The maximum absolute atomic E-state index is 13.8. The van der Waals surface area contributed by atoms with Gasteiger partial charge in [0, 0.05) is 41.4 Å². The Kier molecular flexibility index (Phi) is 5.77. The highest BCUT2D eigenvalue weighted by Crippen LogP contribution is 2.27. The first kappa shape index (κ1) is 20.7. The number of anilines is 1. The van der Waals surface area contributed by atoms with Crippen LogP contribution in [0.25, 0.3) is 11.3 Å². The van der Waals surface area contributed by atoms with Gasteiger partial charge in [0.15, 0.2) is 16.7 Å². The average molecular weight is 440 g/mol. The molecule has 2 aromatic heterocycles. The fourth-order valence-electron chi connectivity index (χ4n) is 3.09. The fourth-order valence-corrected chi connectivity index (χ4v) is 3.79. The van der Waals surface area contributed by atoms with E-state index in [1.165, 1.54) is 17.4 Å². The van der Waals surface area contributed by atoms with E-state index in [1.807, 2.05) is 25.5 Å². The molecule has 4 rings (SSSR count). The van der Waals surface area contributed by atoms with E-state index >= 15 is 0 Å². The summed E-state index contributed by atoms with van der Waals surface area (Å²) in [5.41, 5.74) is 3.41. The molecule has 0 radical (unpaired) electrons. The quantitative estimate of drug-likeness (QED) is 0.460. The highest BCUT2D eigenvalue weighted by atomic mass is 32.1. The molecule has 0 fully saturated rings. The molecule has 0 bridgehead atoms. The molecule has 9 heteroatoms. The monoisotopic (exact) mass is 440 g/mol. The van der Waals surface area contributed by atoms with Gasteiger partial charge in [-0.05, 0) is 25.1 Å². The van der Waals surface area contributed by atoms with Gasteiger partial charge in [-0.15, -0.1) is 11.3 Å². The van der Waals surface area contributed by atoms with Crippen LogP contribution in [0.15, 0.2) is 54.0 Å². The van der Waals surface area contributed by atoms with Crippen molar-refractivity contribution in [3.63, 3.8) is 0 Å². The van der Waals surface area contributed by atoms with Gasteiger partial charge in [-0.1, -0.05) is 18.2 Å². The maximum Gasteiger partial charge on any atom is 0.257 e. The lowest BCUT2D eigenvalue weighted by molar-refractivity contribution is 0.102. The molecule has 2 aromatic carbocycles. The van der Waals surface area contributed by atoms with Crippen molar-refractivity contribution in [2.45, 2.75) is 13.5 Å². The third-order valence-electron chi connectivity index (χ3n) is 4.55. The van der Waals surface area contributed by atoms with Crippen molar-refractivity contribution in [3.8, 4) is 17.0 Å². The van der Waals surface area contributed by atoms with Crippen molar-refractivity contribution >= 4 is 22.4 Å². The standard InChI is InChI=1S/C22H18F2N4O2S/c1-13-17(10-28(2)27-13)19-12-31-22(25-19)26-21(29)16-6-4-3-5-14(16)11-30-20-8-7-15(23)9-18(20)24/h3-10,12H,11H2,1-2H3,(H,25,26,29). The topological polar surface area (TPSA) is 69.0 Å². The van der Waals surface area contributed by atoms with E-state index in [2.05, 4.69) is 15.4 Å². The molecular formula is C22H18F2N4O2S. The zero-order valence-corrected chi connectivity index (χ0v) is 17.5. The molecule has 0 spiro atoms. The van der Waals surface area contributed by atoms with Crippen LogP contribution in [0.1, 0.15) is 21.6 Å². The normalized spacial score (nSPS) is 10.8. The highest BCUT2D eigenvalue weighted by Gasteiger charge is 2.16. The maximum atomic E-state index is 13.8. The van der Waals surface area contributed by atoms with E-state index in [9.17, 15) is 13.6 Å². The molecule has 31 heavy (non-hydrogen) atoms. The summed E-state index contributed by atoms with van der Waals surface area (Å²) in [7, 11) is 1.84. The van der Waals surface area contributed by atoms with Crippen LogP contribution in [-0.4, -0.2) is 20.7 Å². The third-order valence-corrected chi connectivity index (χ3v) is 5.31. The number of halogens is 2. The summed E-state index contributed by atoms with van der Waals surface area (Å²) in [6.45, 7) is 1.84. The summed E-state index contributed by atoms with van der Waals surface area (Å²) >= 11 is 1.31. The van der Waals surface area contributed by atoms with Crippen LogP contribution in [0.5, 0.6) is 5.75 Å². The molecule has 0 aliphatic carbocycles. The Morgan fingerprint density at radius 1 is 1.23 bits per heavy atom. The van der Waals surface area contributed by atoms with E-state index in [0.29, 0.717) is 16.3 Å². The van der Waals surface area contributed by atoms with Gasteiger partial charge in [-0.2, -0.15) is 5.10 Å². The molecule has 0 aliphatic rings. The molecule has 158 valence electrons. The zero-order chi connectivity index (χ0) is 22.0. The summed E-state index contributed by atoms with van der Waals surface area (Å²) in [6, 6.07) is 9.91. The number of nitrogens with one attached hydrogen (secondary N) is 1.